The van der Waals surface area contributed by atoms with Crippen LogP contribution in [-0.4, -0.2) is 22.6 Å². The Hall–Kier alpha value is -1.95. The van der Waals surface area contributed by atoms with Crippen molar-refractivity contribution < 1.29 is 9.53 Å². The summed E-state index contributed by atoms with van der Waals surface area (Å²) in [6.07, 6.45) is 0. The van der Waals surface area contributed by atoms with Gasteiger partial charge in [0.15, 0.2) is 4.77 Å². The van der Waals surface area contributed by atoms with Gasteiger partial charge in [0.1, 0.15) is 0 Å². The van der Waals surface area contributed by atoms with E-state index in [1.165, 1.54) is 11.7 Å². The number of aromatic amines is 1. The highest BCUT2D eigenvalue weighted by Crippen LogP contribution is 2.11. The maximum atomic E-state index is 11.9. The third-order valence-electron chi connectivity index (χ3n) is 2.52. The molecule has 0 fully saturated rings. The van der Waals surface area contributed by atoms with Crippen molar-refractivity contribution in [3.05, 3.63) is 38.9 Å². The predicted octanol–water partition coefficient (Wildman–Crippen LogP) is 1.38. The Bertz CT molecular complexity index is 715. The quantitative estimate of drug-likeness (QED) is 0.613. The minimum Gasteiger partial charge on any atom is -0.465 e. The zero-order valence-corrected chi connectivity index (χ0v) is 10.1. The lowest BCUT2D eigenvalue weighted by Gasteiger charge is -2.04. The Kier molecular flexibility index (Phi) is 2.81. The summed E-state index contributed by atoms with van der Waals surface area (Å²) < 4.78 is 6.26. The van der Waals surface area contributed by atoms with E-state index in [0.29, 0.717) is 21.2 Å². The number of rotatable bonds is 1. The molecule has 2 aromatic rings. The molecule has 88 valence electrons. The minimum absolute atomic E-state index is 0.194. The highest BCUT2D eigenvalue weighted by atomic mass is 32.1. The van der Waals surface area contributed by atoms with E-state index in [4.69, 9.17) is 12.2 Å². The van der Waals surface area contributed by atoms with Gasteiger partial charge in [0.25, 0.3) is 5.56 Å². The molecule has 0 saturated heterocycles. The molecule has 5 nitrogen and oxygen atoms in total. The van der Waals surface area contributed by atoms with Gasteiger partial charge >= 0.3 is 5.97 Å². The molecule has 6 heteroatoms. The molecule has 1 N–H and O–H groups in total. The molecule has 0 spiro atoms. The molecule has 1 heterocycles. The van der Waals surface area contributed by atoms with Crippen molar-refractivity contribution >= 4 is 29.1 Å². The second-order valence-corrected chi connectivity index (χ2v) is 3.93. The first kappa shape index (κ1) is 11.5. The Labute approximate surface area is 102 Å². The van der Waals surface area contributed by atoms with E-state index in [1.54, 1.807) is 25.2 Å². The number of hydrogen-bond donors (Lipinski definition) is 1. The first-order valence-electron chi connectivity index (χ1n) is 4.86. The average molecular weight is 250 g/mol. The smallest absolute Gasteiger partial charge is 0.337 e. The molecule has 2 rings (SSSR count). The first-order chi connectivity index (χ1) is 8.04. The van der Waals surface area contributed by atoms with Crippen LogP contribution in [0, 0.1) is 4.77 Å². The van der Waals surface area contributed by atoms with Crippen molar-refractivity contribution in [2.24, 2.45) is 7.05 Å². The largest absolute Gasteiger partial charge is 0.465 e. The minimum atomic E-state index is -0.452. The predicted molar refractivity (Wildman–Crippen MR) is 65.7 cm³/mol. The number of nitrogens with one attached hydrogen (secondary N) is 1. The Balaban J connectivity index is 2.80. The van der Waals surface area contributed by atoms with Crippen LogP contribution in [0.3, 0.4) is 0 Å². The summed E-state index contributed by atoms with van der Waals surface area (Å²) >= 11 is 5.00. The van der Waals surface area contributed by atoms with Crippen molar-refractivity contribution in [2.75, 3.05) is 7.11 Å². The Morgan fingerprint density at radius 3 is 2.82 bits per heavy atom. The van der Waals surface area contributed by atoms with Crippen LogP contribution in [0.2, 0.25) is 0 Å². The number of aromatic nitrogens is 2. The van der Waals surface area contributed by atoms with Gasteiger partial charge in [0.2, 0.25) is 0 Å². The highest BCUT2D eigenvalue weighted by Gasteiger charge is 2.08. The molecule has 0 aliphatic carbocycles. The van der Waals surface area contributed by atoms with Crippen LogP contribution >= 0.6 is 12.2 Å². The molecule has 0 amide bonds. The Morgan fingerprint density at radius 2 is 2.18 bits per heavy atom. The number of H-pyrrole nitrogens is 1. The number of nitrogens with zero attached hydrogens (tertiary/aromatic N) is 1. The fourth-order valence-electron chi connectivity index (χ4n) is 1.55. The van der Waals surface area contributed by atoms with E-state index in [1.807, 2.05) is 0 Å². The van der Waals surface area contributed by atoms with Gasteiger partial charge in [-0.15, -0.1) is 0 Å². The first-order valence-corrected chi connectivity index (χ1v) is 5.27. The summed E-state index contributed by atoms with van der Waals surface area (Å²) in [5.74, 6) is -0.452. The summed E-state index contributed by atoms with van der Waals surface area (Å²) in [5.41, 5.74) is 0.708. The van der Waals surface area contributed by atoms with Gasteiger partial charge < -0.3 is 9.72 Å². The topological polar surface area (TPSA) is 64.1 Å². The normalized spacial score (nSPS) is 10.5. The zero-order valence-electron chi connectivity index (χ0n) is 9.31. The number of benzene rings is 1. The molecule has 0 atom stereocenters. The van der Waals surface area contributed by atoms with Gasteiger partial charge in [-0.05, 0) is 30.4 Å². The van der Waals surface area contributed by atoms with Crippen molar-refractivity contribution in [1.82, 2.24) is 9.55 Å². The van der Waals surface area contributed by atoms with E-state index >= 15 is 0 Å². The fraction of sp³-hybridized carbons (Fsp3) is 0.182. The number of methoxy groups -OCH3 is 1. The van der Waals surface area contributed by atoms with Gasteiger partial charge in [-0.3, -0.25) is 9.36 Å². The summed E-state index contributed by atoms with van der Waals surface area (Å²) in [6.45, 7) is 0. The number of carbonyl (C=O) groups is 1. The van der Waals surface area contributed by atoms with E-state index in [2.05, 4.69) is 9.72 Å². The molecule has 0 aliphatic rings. The van der Waals surface area contributed by atoms with Gasteiger partial charge in [-0.2, -0.15) is 0 Å². The maximum absolute atomic E-state index is 11.9. The van der Waals surface area contributed by atoms with Crippen LogP contribution in [0.5, 0.6) is 0 Å². The van der Waals surface area contributed by atoms with Crippen molar-refractivity contribution in [3.63, 3.8) is 0 Å². The van der Waals surface area contributed by atoms with E-state index in [0.717, 1.165) is 0 Å². The highest BCUT2D eigenvalue weighted by molar-refractivity contribution is 7.71. The van der Waals surface area contributed by atoms with E-state index < -0.39 is 5.97 Å². The second kappa shape index (κ2) is 4.14. The van der Waals surface area contributed by atoms with Crippen molar-refractivity contribution in [1.29, 1.82) is 0 Å². The molecule has 0 bridgehead atoms. The van der Waals surface area contributed by atoms with Crippen LogP contribution in [0.15, 0.2) is 23.0 Å². The summed E-state index contributed by atoms with van der Waals surface area (Å²) in [7, 11) is 2.90. The fourth-order valence-corrected chi connectivity index (χ4v) is 1.74. The molecule has 17 heavy (non-hydrogen) atoms. The van der Waals surface area contributed by atoms with E-state index in [9.17, 15) is 9.59 Å². The van der Waals surface area contributed by atoms with Crippen molar-refractivity contribution in [2.45, 2.75) is 0 Å². The summed E-state index contributed by atoms with van der Waals surface area (Å²) in [4.78, 5) is 26.1. The molecule has 0 aliphatic heterocycles. The van der Waals surface area contributed by atoms with Gasteiger partial charge in [-0.25, -0.2) is 4.79 Å². The maximum Gasteiger partial charge on any atom is 0.337 e. The summed E-state index contributed by atoms with van der Waals surface area (Å²) in [5, 5.41) is 0.480. The molecule has 1 aromatic carbocycles. The molecule has 0 radical (unpaired) electrons. The monoisotopic (exact) mass is 250 g/mol. The van der Waals surface area contributed by atoms with Crippen molar-refractivity contribution in [3.8, 4) is 0 Å². The van der Waals surface area contributed by atoms with Crippen LogP contribution in [0.25, 0.3) is 10.9 Å². The summed E-state index contributed by atoms with van der Waals surface area (Å²) in [6, 6.07) is 4.68. The van der Waals surface area contributed by atoms with Crippen LogP contribution in [0.4, 0.5) is 0 Å². The standard InChI is InChI=1S/C11H10N2O3S/c1-13-9(14)7-4-3-6(10(15)16-2)5-8(7)12-11(13)17/h3-5H,1-2H3,(H,12,17). The Morgan fingerprint density at radius 1 is 1.47 bits per heavy atom. The van der Waals surface area contributed by atoms with Crippen LogP contribution in [-0.2, 0) is 11.8 Å². The number of esters is 1. The molecule has 0 unspecified atom stereocenters. The molecular formula is C11H10N2O3S. The average Bonchev–Trinajstić information content (AvgIpc) is 2.34. The number of ether oxygens (including phenoxy) is 1. The van der Waals surface area contributed by atoms with Gasteiger partial charge in [0.05, 0.1) is 23.6 Å². The molecular weight excluding hydrogens is 240 g/mol. The second-order valence-electron chi connectivity index (χ2n) is 3.55. The van der Waals surface area contributed by atoms with Crippen LogP contribution in [0.1, 0.15) is 10.4 Å². The van der Waals surface area contributed by atoms with Crippen LogP contribution < -0.4 is 5.56 Å². The lowest BCUT2D eigenvalue weighted by atomic mass is 10.1. The zero-order chi connectivity index (χ0) is 12.6. The van der Waals surface area contributed by atoms with Gasteiger partial charge in [0, 0.05) is 7.05 Å². The lowest BCUT2D eigenvalue weighted by molar-refractivity contribution is 0.0601. The van der Waals surface area contributed by atoms with Gasteiger partial charge in [-0.1, -0.05) is 0 Å². The third-order valence-corrected chi connectivity index (χ3v) is 2.90. The molecule has 0 saturated carbocycles. The number of hydrogen-bond acceptors (Lipinski definition) is 4. The SMILES string of the molecule is COC(=O)c1ccc2c(=O)n(C)c(=S)[nH]c2c1. The lowest BCUT2D eigenvalue weighted by Crippen LogP contribution is -2.18. The number of carbonyl (C=O) groups excluding carboxylic acids is 1. The van der Waals surface area contributed by atoms with E-state index in [-0.39, 0.29) is 5.56 Å². The third kappa shape index (κ3) is 1.87. The number of fused-ring (bicyclic) bond motifs is 1. The molecule has 1 aromatic heterocycles.